The van der Waals surface area contributed by atoms with Crippen molar-refractivity contribution >= 4 is 0 Å². The molecule has 0 aromatic heterocycles. The number of hydrogen-bond acceptors (Lipinski definition) is 0. The Bertz CT molecular complexity index is 25.0. The molecular weight excluding hydrogens is 120 g/mol. The van der Waals surface area contributed by atoms with Crippen LogP contribution in [0.4, 0.5) is 0 Å². The summed E-state index contributed by atoms with van der Waals surface area (Å²) in [6.07, 6.45) is 5.54. The van der Waals surface area contributed by atoms with Crippen LogP contribution in [0.3, 0.4) is 0 Å². The van der Waals surface area contributed by atoms with Crippen LogP contribution in [0.1, 0.15) is 39.5 Å². The fraction of sp³-hybridized carbons (Fsp3) is 0.600. The van der Waals surface area contributed by atoms with Gasteiger partial charge in [-0.2, -0.15) is 0 Å². The van der Waals surface area contributed by atoms with E-state index in [1.165, 1.54) is 25.7 Å². The van der Waals surface area contributed by atoms with Gasteiger partial charge in [-0.25, -0.2) is 0 Å². The summed E-state index contributed by atoms with van der Waals surface area (Å²) in [6, 6.07) is 0. The fourth-order valence-corrected chi connectivity index (χ4v) is 0.500. The summed E-state index contributed by atoms with van der Waals surface area (Å²) in [4.78, 5) is 0. The third-order valence-electron chi connectivity index (χ3n) is 0.957. The summed E-state index contributed by atoms with van der Waals surface area (Å²) in [7, 11) is 0. The molecule has 0 aliphatic rings. The lowest BCUT2D eigenvalue weighted by molar-refractivity contribution is 0.702. The van der Waals surface area contributed by atoms with Crippen LogP contribution in [0.15, 0.2) is 26.3 Å². The van der Waals surface area contributed by atoms with Gasteiger partial charge in [-0.15, -0.1) is 26.3 Å². The summed E-state index contributed by atoms with van der Waals surface area (Å²) in [5, 5.41) is 0. The summed E-state index contributed by atoms with van der Waals surface area (Å²) < 4.78 is 0. The van der Waals surface area contributed by atoms with E-state index in [4.69, 9.17) is 0 Å². The van der Waals surface area contributed by atoms with Gasteiger partial charge in [0.1, 0.15) is 0 Å². The van der Waals surface area contributed by atoms with Crippen molar-refractivity contribution in [1.29, 1.82) is 0 Å². The van der Waals surface area contributed by atoms with E-state index in [0.29, 0.717) is 0 Å². The monoisotopic (exact) mass is 142 g/mol. The lowest BCUT2D eigenvalue weighted by Crippen LogP contribution is -1.66. The van der Waals surface area contributed by atoms with Gasteiger partial charge >= 0.3 is 0 Å². The molecule has 0 aliphatic carbocycles. The Morgan fingerprint density at radius 3 is 1.00 bits per heavy atom. The molecule has 0 aliphatic heterocycles. The van der Waals surface area contributed by atoms with Crippen LogP contribution >= 0.6 is 0 Å². The first-order chi connectivity index (χ1) is 4.91. The van der Waals surface area contributed by atoms with Gasteiger partial charge in [-0.3, -0.25) is 0 Å². The van der Waals surface area contributed by atoms with Gasteiger partial charge in [-0.05, 0) is 0 Å². The van der Waals surface area contributed by atoms with Crippen molar-refractivity contribution in [3.8, 4) is 0 Å². The predicted octanol–water partition coefficient (Wildman–Crippen LogP) is 4.19. The van der Waals surface area contributed by atoms with Crippen LogP contribution in [0.25, 0.3) is 0 Å². The minimum Gasteiger partial charge on any atom is -0.106 e. The summed E-state index contributed by atoms with van der Waals surface area (Å²) in [5.41, 5.74) is 0. The first-order valence-electron chi connectivity index (χ1n) is 3.91. The van der Waals surface area contributed by atoms with Gasteiger partial charge in [0.15, 0.2) is 0 Å². The molecule has 0 aromatic carbocycles. The Morgan fingerprint density at radius 1 is 0.700 bits per heavy atom. The molecule has 0 fully saturated rings. The molecule has 0 radical (unpaired) electrons. The van der Waals surface area contributed by atoms with Crippen LogP contribution in [0.2, 0.25) is 0 Å². The molecule has 10 heavy (non-hydrogen) atoms. The van der Waals surface area contributed by atoms with Gasteiger partial charge in [0.05, 0.1) is 0 Å². The highest BCUT2D eigenvalue weighted by atomic mass is 13.8. The molecule has 0 bridgehead atoms. The van der Waals surface area contributed by atoms with Crippen LogP contribution in [-0.2, 0) is 0 Å². The van der Waals surface area contributed by atoms with Crippen LogP contribution in [0.5, 0.6) is 0 Å². The summed E-state index contributed by atoms with van der Waals surface area (Å²) in [6.45, 7) is 16.5. The average molecular weight is 142 g/mol. The zero-order valence-corrected chi connectivity index (χ0v) is 7.66. The second-order valence-corrected chi connectivity index (χ2v) is 1.71. The Balaban J connectivity index is -0.000000105. The standard InChI is InChI=1S/C6H14.2C2H4/c1-3-5-6-4-2;2*1-2/h3-6H2,1-2H3;2*1-2H2. The highest BCUT2D eigenvalue weighted by Gasteiger charge is 1.75. The van der Waals surface area contributed by atoms with Gasteiger partial charge in [0.25, 0.3) is 0 Å². The van der Waals surface area contributed by atoms with E-state index in [9.17, 15) is 0 Å². The lowest BCUT2D eigenvalue weighted by Gasteiger charge is -1.86. The van der Waals surface area contributed by atoms with Gasteiger partial charge in [-0.1, -0.05) is 39.5 Å². The summed E-state index contributed by atoms with van der Waals surface area (Å²) in [5.74, 6) is 0. The molecule has 0 spiro atoms. The molecule has 0 saturated carbocycles. The van der Waals surface area contributed by atoms with Crippen molar-refractivity contribution in [2.75, 3.05) is 0 Å². The lowest BCUT2D eigenvalue weighted by atomic mass is 10.2. The highest BCUT2D eigenvalue weighted by molar-refractivity contribution is 4.31. The number of unbranched alkanes of at least 4 members (excludes halogenated alkanes) is 3. The minimum atomic E-state index is 1.36. The topological polar surface area (TPSA) is 0 Å². The summed E-state index contributed by atoms with van der Waals surface area (Å²) >= 11 is 0. The van der Waals surface area contributed by atoms with Gasteiger partial charge in [0.2, 0.25) is 0 Å². The van der Waals surface area contributed by atoms with Crippen molar-refractivity contribution < 1.29 is 0 Å². The first kappa shape index (κ1) is 16.2. The maximum Gasteiger partial charge on any atom is -0.0536 e. The molecule has 0 N–H and O–H groups in total. The normalized spacial score (nSPS) is 6.20. The van der Waals surface area contributed by atoms with E-state index < -0.39 is 0 Å². The third-order valence-corrected chi connectivity index (χ3v) is 0.957. The average Bonchev–Trinajstić information content (AvgIpc) is 2.08. The van der Waals surface area contributed by atoms with Crippen molar-refractivity contribution in [2.24, 2.45) is 0 Å². The zero-order valence-electron chi connectivity index (χ0n) is 7.66. The van der Waals surface area contributed by atoms with Crippen molar-refractivity contribution in [2.45, 2.75) is 39.5 Å². The van der Waals surface area contributed by atoms with Crippen molar-refractivity contribution in [3.63, 3.8) is 0 Å². The molecule has 0 heterocycles. The molecular formula is C10H22. The maximum absolute atomic E-state index is 3.00. The second kappa shape index (κ2) is 39.2. The Morgan fingerprint density at radius 2 is 0.900 bits per heavy atom. The van der Waals surface area contributed by atoms with Crippen molar-refractivity contribution in [1.82, 2.24) is 0 Å². The SMILES string of the molecule is C=C.C=C.CCCCCC. The largest absolute Gasteiger partial charge is 0.106 e. The van der Waals surface area contributed by atoms with Gasteiger partial charge in [0, 0.05) is 0 Å². The maximum atomic E-state index is 3.00. The third kappa shape index (κ3) is 51.1. The first-order valence-corrected chi connectivity index (χ1v) is 3.91. The van der Waals surface area contributed by atoms with E-state index in [0.717, 1.165) is 0 Å². The molecule has 0 nitrogen and oxygen atoms in total. The van der Waals surface area contributed by atoms with Crippen LogP contribution in [0, 0.1) is 0 Å². The van der Waals surface area contributed by atoms with E-state index in [-0.39, 0.29) is 0 Å². The Hall–Kier alpha value is -0.520. The predicted molar refractivity (Wildman–Crippen MR) is 52.3 cm³/mol. The molecule has 0 rings (SSSR count). The minimum absolute atomic E-state index is 1.36. The zero-order chi connectivity index (χ0) is 8.83. The van der Waals surface area contributed by atoms with E-state index in [2.05, 4.69) is 40.2 Å². The molecule has 0 unspecified atom stereocenters. The number of hydrogen-bond donors (Lipinski definition) is 0. The molecule has 0 saturated heterocycles. The van der Waals surface area contributed by atoms with Crippen molar-refractivity contribution in [3.05, 3.63) is 26.3 Å². The van der Waals surface area contributed by atoms with Gasteiger partial charge < -0.3 is 0 Å². The molecule has 0 amide bonds. The molecule has 0 atom stereocenters. The van der Waals surface area contributed by atoms with Crippen LogP contribution in [-0.4, -0.2) is 0 Å². The number of rotatable bonds is 3. The quantitative estimate of drug-likeness (QED) is 0.409. The highest BCUT2D eigenvalue weighted by Crippen LogP contribution is 1.95. The fourth-order valence-electron chi connectivity index (χ4n) is 0.500. The Kier molecular flexibility index (Phi) is 63.6. The smallest absolute Gasteiger partial charge is 0.0536 e. The molecule has 0 aromatic rings. The van der Waals surface area contributed by atoms with Crippen LogP contribution < -0.4 is 0 Å². The molecule has 62 valence electrons. The van der Waals surface area contributed by atoms with E-state index in [1.54, 1.807) is 0 Å². The van der Waals surface area contributed by atoms with E-state index in [1.807, 2.05) is 0 Å². The molecule has 0 heteroatoms. The Labute approximate surface area is 66.7 Å². The van der Waals surface area contributed by atoms with E-state index >= 15 is 0 Å². The second-order valence-electron chi connectivity index (χ2n) is 1.71.